The van der Waals surface area contributed by atoms with Crippen molar-refractivity contribution in [2.45, 2.75) is 6.18 Å². The van der Waals surface area contributed by atoms with Gasteiger partial charge in [0.05, 0.1) is 15.6 Å². The molecular formula is C13H8Cl2F3NO. The number of hydrogen-bond donors (Lipinski definition) is 1. The van der Waals surface area contributed by atoms with Gasteiger partial charge in [-0.2, -0.15) is 13.2 Å². The van der Waals surface area contributed by atoms with E-state index in [1.165, 1.54) is 24.3 Å². The molecule has 0 fully saturated rings. The minimum Gasteiger partial charge on any atom is -0.457 e. The van der Waals surface area contributed by atoms with Crippen LogP contribution in [0.4, 0.5) is 18.9 Å². The van der Waals surface area contributed by atoms with E-state index in [-0.39, 0.29) is 22.2 Å². The van der Waals surface area contributed by atoms with Crippen LogP contribution in [-0.2, 0) is 6.18 Å². The van der Waals surface area contributed by atoms with Gasteiger partial charge in [-0.1, -0.05) is 23.2 Å². The van der Waals surface area contributed by atoms with Crippen LogP contribution in [0.2, 0.25) is 10.0 Å². The second-order valence-corrected chi connectivity index (χ2v) is 4.78. The molecule has 0 aliphatic rings. The quantitative estimate of drug-likeness (QED) is 0.753. The van der Waals surface area contributed by atoms with Crippen LogP contribution in [0.15, 0.2) is 36.4 Å². The van der Waals surface area contributed by atoms with Crippen molar-refractivity contribution < 1.29 is 17.9 Å². The van der Waals surface area contributed by atoms with Gasteiger partial charge in [0.1, 0.15) is 11.5 Å². The highest BCUT2D eigenvalue weighted by Crippen LogP contribution is 2.35. The summed E-state index contributed by atoms with van der Waals surface area (Å²) in [5.74, 6) is 0.230. The summed E-state index contributed by atoms with van der Waals surface area (Å²) in [6, 6.07) is 7.36. The molecule has 20 heavy (non-hydrogen) atoms. The monoisotopic (exact) mass is 321 g/mol. The molecule has 106 valence electrons. The zero-order valence-electron chi connectivity index (χ0n) is 9.84. The van der Waals surface area contributed by atoms with Crippen molar-refractivity contribution in [2.75, 3.05) is 5.73 Å². The van der Waals surface area contributed by atoms with E-state index in [9.17, 15) is 13.2 Å². The molecule has 0 saturated heterocycles. The second-order valence-electron chi connectivity index (χ2n) is 3.97. The number of halogens is 5. The van der Waals surface area contributed by atoms with E-state index in [1.54, 1.807) is 0 Å². The van der Waals surface area contributed by atoms with Crippen molar-refractivity contribution in [2.24, 2.45) is 0 Å². The normalized spacial score (nSPS) is 11.4. The molecule has 2 nitrogen and oxygen atoms in total. The summed E-state index contributed by atoms with van der Waals surface area (Å²) in [5, 5.41) is 0.562. The van der Waals surface area contributed by atoms with Crippen LogP contribution in [0.1, 0.15) is 5.56 Å². The molecule has 0 aliphatic heterocycles. The molecule has 0 saturated carbocycles. The Labute approximate surface area is 122 Å². The average Bonchev–Trinajstić information content (AvgIpc) is 2.32. The summed E-state index contributed by atoms with van der Waals surface area (Å²) < 4.78 is 43.3. The Morgan fingerprint density at radius 2 is 1.60 bits per heavy atom. The summed E-state index contributed by atoms with van der Waals surface area (Å²) in [6.07, 6.45) is -4.49. The van der Waals surface area contributed by atoms with Gasteiger partial charge in [-0.05, 0) is 24.3 Å². The first-order valence-electron chi connectivity index (χ1n) is 5.36. The Morgan fingerprint density at radius 1 is 0.900 bits per heavy atom. The van der Waals surface area contributed by atoms with Crippen LogP contribution in [0, 0.1) is 0 Å². The van der Waals surface area contributed by atoms with E-state index < -0.39 is 11.7 Å². The lowest BCUT2D eigenvalue weighted by molar-refractivity contribution is -0.137. The lowest BCUT2D eigenvalue weighted by Gasteiger charge is -2.12. The lowest BCUT2D eigenvalue weighted by Crippen LogP contribution is -2.06. The summed E-state index contributed by atoms with van der Waals surface area (Å²) in [6.45, 7) is 0. The molecule has 0 heterocycles. The van der Waals surface area contributed by atoms with Gasteiger partial charge in [-0.25, -0.2) is 0 Å². The van der Waals surface area contributed by atoms with Gasteiger partial charge in [-0.15, -0.1) is 0 Å². The van der Waals surface area contributed by atoms with E-state index in [4.69, 9.17) is 33.7 Å². The summed E-state index contributed by atoms with van der Waals surface area (Å²) in [4.78, 5) is 0. The van der Waals surface area contributed by atoms with E-state index in [2.05, 4.69) is 0 Å². The molecule has 2 aromatic rings. The van der Waals surface area contributed by atoms with Crippen molar-refractivity contribution in [1.29, 1.82) is 0 Å². The number of nitrogens with two attached hydrogens (primary N) is 1. The van der Waals surface area contributed by atoms with Crippen molar-refractivity contribution in [1.82, 2.24) is 0 Å². The predicted octanol–water partition coefficient (Wildman–Crippen LogP) is 5.39. The van der Waals surface area contributed by atoms with Gasteiger partial charge in [-0.3, -0.25) is 0 Å². The van der Waals surface area contributed by atoms with Crippen LogP contribution in [0.3, 0.4) is 0 Å². The average molecular weight is 322 g/mol. The zero-order chi connectivity index (χ0) is 14.9. The summed E-state index contributed by atoms with van der Waals surface area (Å²) in [5.41, 5.74) is 4.51. The highest BCUT2D eigenvalue weighted by Gasteiger charge is 2.31. The first kappa shape index (κ1) is 14.8. The first-order valence-corrected chi connectivity index (χ1v) is 6.12. The molecule has 7 heteroatoms. The molecule has 0 aromatic heterocycles. The highest BCUT2D eigenvalue weighted by atomic mass is 35.5. The number of benzene rings is 2. The van der Waals surface area contributed by atoms with Gasteiger partial charge in [0.25, 0.3) is 0 Å². The minimum absolute atomic E-state index is 0.0317. The maximum Gasteiger partial charge on any atom is 0.416 e. The molecule has 2 rings (SSSR count). The third-order valence-electron chi connectivity index (χ3n) is 2.38. The van der Waals surface area contributed by atoms with Crippen LogP contribution in [-0.4, -0.2) is 0 Å². The largest absolute Gasteiger partial charge is 0.457 e. The number of rotatable bonds is 2. The molecule has 2 aromatic carbocycles. The van der Waals surface area contributed by atoms with Crippen molar-refractivity contribution in [3.63, 3.8) is 0 Å². The Balaban J connectivity index is 2.33. The Bertz CT molecular complexity index is 644. The van der Waals surface area contributed by atoms with Crippen LogP contribution >= 0.6 is 23.2 Å². The number of ether oxygens (including phenoxy) is 1. The molecule has 0 radical (unpaired) electrons. The van der Waals surface area contributed by atoms with Gasteiger partial charge in [0.15, 0.2) is 0 Å². The van der Waals surface area contributed by atoms with Gasteiger partial charge >= 0.3 is 6.18 Å². The second kappa shape index (κ2) is 5.42. The van der Waals surface area contributed by atoms with E-state index in [0.29, 0.717) is 5.02 Å². The molecule has 0 atom stereocenters. The fraction of sp³-hybridized carbons (Fsp3) is 0.0769. The molecule has 2 N–H and O–H groups in total. The minimum atomic E-state index is -4.49. The zero-order valence-corrected chi connectivity index (χ0v) is 11.4. The molecule has 0 unspecified atom stereocenters. The van der Waals surface area contributed by atoms with Gasteiger partial charge in [0, 0.05) is 17.8 Å². The van der Waals surface area contributed by atoms with E-state index >= 15 is 0 Å². The maximum absolute atomic E-state index is 12.7. The third-order valence-corrected chi connectivity index (χ3v) is 3.12. The molecule has 0 bridgehead atoms. The van der Waals surface area contributed by atoms with E-state index in [1.807, 2.05) is 0 Å². The number of nitrogen functional groups attached to an aromatic ring is 1. The standard InChI is InChI=1S/C13H8Cl2F3NO/c14-11-2-1-9(6-12(11)15)20-10-4-7(13(16,17)18)3-8(19)5-10/h1-6H,19H2. The predicted molar refractivity (Wildman–Crippen MR) is 72.4 cm³/mol. The molecule has 0 aliphatic carbocycles. The molecule has 0 spiro atoms. The van der Waals surface area contributed by atoms with Crippen molar-refractivity contribution >= 4 is 28.9 Å². The van der Waals surface area contributed by atoms with Crippen LogP contribution in [0.25, 0.3) is 0 Å². The maximum atomic E-state index is 12.7. The number of anilines is 1. The topological polar surface area (TPSA) is 35.2 Å². The highest BCUT2D eigenvalue weighted by molar-refractivity contribution is 6.42. The summed E-state index contributed by atoms with van der Waals surface area (Å²) >= 11 is 11.5. The van der Waals surface area contributed by atoms with Crippen molar-refractivity contribution in [3.8, 4) is 11.5 Å². The fourth-order valence-corrected chi connectivity index (χ4v) is 1.81. The first-order chi connectivity index (χ1) is 9.25. The number of alkyl halides is 3. The van der Waals surface area contributed by atoms with Crippen molar-refractivity contribution in [3.05, 3.63) is 52.0 Å². The van der Waals surface area contributed by atoms with Gasteiger partial charge in [0.2, 0.25) is 0 Å². The Kier molecular flexibility index (Phi) is 4.01. The third kappa shape index (κ3) is 3.49. The molecular weight excluding hydrogens is 314 g/mol. The molecule has 0 amide bonds. The summed E-state index contributed by atoms with van der Waals surface area (Å²) in [7, 11) is 0. The Hall–Kier alpha value is -1.59. The Morgan fingerprint density at radius 3 is 2.20 bits per heavy atom. The smallest absolute Gasteiger partial charge is 0.416 e. The number of hydrogen-bond acceptors (Lipinski definition) is 2. The van der Waals surface area contributed by atoms with E-state index in [0.717, 1.165) is 12.1 Å². The lowest BCUT2D eigenvalue weighted by atomic mass is 10.2. The SMILES string of the molecule is Nc1cc(Oc2ccc(Cl)c(Cl)c2)cc(C(F)(F)F)c1. The fourth-order valence-electron chi connectivity index (χ4n) is 1.52. The van der Waals surface area contributed by atoms with Crippen LogP contribution < -0.4 is 10.5 Å². The van der Waals surface area contributed by atoms with Crippen LogP contribution in [0.5, 0.6) is 11.5 Å². The van der Waals surface area contributed by atoms with Gasteiger partial charge < -0.3 is 10.5 Å².